The van der Waals surface area contributed by atoms with Gasteiger partial charge in [-0.05, 0) is 68.0 Å². The molecular weight excluding hydrogens is 254 g/mol. The van der Waals surface area contributed by atoms with Gasteiger partial charge < -0.3 is 5.32 Å². The highest BCUT2D eigenvalue weighted by atomic mass is 14.9. The molecule has 2 aromatic carbocycles. The van der Waals surface area contributed by atoms with Crippen molar-refractivity contribution in [3.8, 4) is 0 Å². The summed E-state index contributed by atoms with van der Waals surface area (Å²) >= 11 is 0. The van der Waals surface area contributed by atoms with E-state index in [1.54, 1.807) is 0 Å². The molecule has 1 N–H and O–H groups in total. The number of nitrogens with one attached hydrogen (secondary N) is 1. The smallest absolute Gasteiger partial charge is 0.0145 e. The molecule has 1 unspecified atom stereocenters. The summed E-state index contributed by atoms with van der Waals surface area (Å²) in [6.07, 6.45) is 3.26. The summed E-state index contributed by atoms with van der Waals surface area (Å²) in [7, 11) is 2.06. The maximum atomic E-state index is 3.46. The molecule has 2 aromatic rings. The Morgan fingerprint density at radius 3 is 1.95 bits per heavy atom. The molecular formula is C20H27N. The van der Waals surface area contributed by atoms with Crippen molar-refractivity contribution < 1.29 is 0 Å². The average Bonchev–Trinajstić information content (AvgIpc) is 2.51. The third kappa shape index (κ3) is 4.44. The van der Waals surface area contributed by atoms with E-state index in [9.17, 15) is 0 Å². The highest BCUT2D eigenvalue weighted by molar-refractivity contribution is 5.31. The molecule has 0 saturated heterocycles. The van der Waals surface area contributed by atoms with Crippen molar-refractivity contribution in [2.45, 2.75) is 46.1 Å². The van der Waals surface area contributed by atoms with E-state index in [4.69, 9.17) is 0 Å². The fraction of sp³-hybridized carbons (Fsp3) is 0.400. The van der Waals surface area contributed by atoms with Gasteiger partial charge in [0.05, 0.1) is 0 Å². The van der Waals surface area contributed by atoms with Gasteiger partial charge in [-0.2, -0.15) is 0 Å². The van der Waals surface area contributed by atoms with Crippen LogP contribution < -0.4 is 5.32 Å². The largest absolute Gasteiger partial charge is 0.316 e. The maximum Gasteiger partial charge on any atom is 0.0145 e. The molecule has 0 spiro atoms. The Hall–Kier alpha value is -1.60. The van der Waals surface area contributed by atoms with Crippen molar-refractivity contribution >= 4 is 0 Å². The Labute approximate surface area is 129 Å². The van der Waals surface area contributed by atoms with E-state index >= 15 is 0 Å². The first-order valence-electron chi connectivity index (χ1n) is 7.93. The zero-order chi connectivity index (χ0) is 15.2. The number of rotatable bonds is 6. The lowest BCUT2D eigenvalue weighted by molar-refractivity contribution is 0.556. The second-order valence-electron chi connectivity index (χ2n) is 5.98. The average molecular weight is 281 g/mol. The summed E-state index contributed by atoms with van der Waals surface area (Å²) in [4.78, 5) is 0. The molecule has 0 amide bonds. The standard InChI is InChI=1S/C20H27N/c1-5-17-8-10-18(11-9-17)13-20(21-4)14-19-7-6-15(2)16(3)12-19/h6-12,20-21H,5,13-14H2,1-4H3. The number of hydrogen-bond donors (Lipinski definition) is 1. The molecule has 0 bridgehead atoms. The molecule has 0 aliphatic heterocycles. The minimum atomic E-state index is 0.486. The summed E-state index contributed by atoms with van der Waals surface area (Å²) in [5.74, 6) is 0. The molecule has 0 fully saturated rings. The van der Waals surface area contributed by atoms with Crippen LogP contribution in [0.25, 0.3) is 0 Å². The summed E-state index contributed by atoms with van der Waals surface area (Å²) in [6, 6.07) is 16.3. The van der Waals surface area contributed by atoms with E-state index in [1.165, 1.54) is 27.8 Å². The molecule has 0 heterocycles. The van der Waals surface area contributed by atoms with Gasteiger partial charge in [-0.3, -0.25) is 0 Å². The Morgan fingerprint density at radius 1 is 0.810 bits per heavy atom. The van der Waals surface area contributed by atoms with Gasteiger partial charge >= 0.3 is 0 Å². The van der Waals surface area contributed by atoms with Crippen molar-refractivity contribution in [2.24, 2.45) is 0 Å². The van der Waals surface area contributed by atoms with Crippen LogP contribution in [0.15, 0.2) is 42.5 Å². The number of hydrogen-bond acceptors (Lipinski definition) is 1. The third-order valence-corrected chi connectivity index (χ3v) is 4.37. The lowest BCUT2D eigenvalue weighted by atomic mass is 9.96. The van der Waals surface area contributed by atoms with Gasteiger partial charge in [0.1, 0.15) is 0 Å². The first-order valence-corrected chi connectivity index (χ1v) is 7.93. The molecule has 0 saturated carbocycles. The summed E-state index contributed by atoms with van der Waals surface area (Å²) in [5, 5.41) is 3.46. The minimum absolute atomic E-state index is 0.486. The van der Waals surface area contributed by atoms with Crippen molar-refractivity contribution in [1.82, 2.24) is 5.32 Å². The maximum absolute atomic E-state index is 3.46. The van der Waals surface area contributed by atoms with Crippen LogP contribution in [0.3, 0.4) is 0 Å². The van der Waals surface area contributed by atoms with Crippen molar-refractivity contribution in [3.63, 3.8) is 0 Å². The highest BCUT2D eigenvalue weighted by Crippen LogP contribution is 2.14. The molecule has 1 atom stereocenters. The summed E-state index contributed by atoms with van der Waals surface area (Å²) in [6.45, 7) is 6.56. The Balaban J connectivity index is 2.03. The Morgan fingerprint density at radius 2 is 1.38 bits per heavy atom. The topological polar surface area (TPSA) is 12.0 Å². The normalized spacial score (nSPS) is 12.4. The van der Waals surface area contributed by atoms with E-state index in [1.807, 2.05) is 0 Å². The zero-order valence-electron chi connectivity index (χ0n) is 13.7. The van der Waals surface area contributed by atoms with Crippen molar-refractivity contribution in [3.05, 3.63) is 70.3 Å². The molecule has 2 rings (SSSR count). The number of likely N-dealkylation sites (N-methyl/N-ethyl adjacent to an activating group) is 1. The minimum Gasteiger partial charge on any atom is -0.316 e. The molecule has 1 nitrogen and oxygen atoms in total. The molecule has 1 heteroatoms. The molecule has 0 aliphatic carbocycles. The molecule has 0 aliphatic rings. The fourth-order valence-corrected chi connectivity index (χ4v) is 2.69. The summed E-state index contributed by atoms with van der Waals surface area (Å²) < 4.78 is 0. The quantitative estimate of drug-likeness (QED) is 0.835. The zero-order valence-corrected chi connectivity index (χ0v) is 13.7. The van der Waals surface area contributed by atoms with Crippen molar-refractivity contribution in [2.75, 3.05) is 7.05 Å². The van der Waals surface area contributed by atoms with E-state index in [0.717, 1.165) is 19.3 Å². The fourth-order valence-electron chi connectivity index (χ4n) is 2.69. The molecule has 112 valence electrons. The SMILES string of the molecule is CCc1ccc(CC(Cc2ccc(C)c(C)c2)NC)cc1. The second kappa shape index (κ2) is 7.42. The molecule has 21 heavy (non-hydrogen) atoms. The van der Waals surface area contributed by atoms with Crippen LogP contribution in [0.2, 0.25) is 0 Å². The van der Waals surface area contributed by atoms with Gasteiger partial charge in [0.2, 0.25) is 0 Å². The van der Waals surface area contributed by atoms with E-state index in [0.29, 0.717) is 6.04 Å². The van der Waals surface area contributed by atoms with E-state index in [-0.39, 0.29) is 0 Å². The van der Waals surface area contributed by atoms with E-state index < -0.39 is 0 Å². The number of benzene rings is 2. The first-order chi connectivity index (χ1) is 10.1. The van der Waals surface area contributed by atoms with Crippen LogP contribution in [0, 0.1) is 13.8 Å². The lowest BCUT2D eigenvalue weighted by Crippen LogP contribution is -2.29. The number of aryl methyl sites for hydroxylation is 3. The second-order valence-corrected chi connectivity index (χ2v) is 5.98. The van der Waals surface area contributed by atoms with Crippen LogP contribution in [0.1, 0.15) is 34.7 Å². The van der Waals surface area contributed by atoms with Crippen LogP contribution in [0.5, 0.6) is 0 Å². The van der Waals surface area contributed by atoms with Crippen LogP contribution in [0.4, 0.5) is 0 Å². The van der Waals surface area contributed by atoms with Crippen LogP contribution in [-0.4, -0.2) is 13.1 Å². The highest BCUT2D eigenvalue weighted by Gasteiger charge is 2.09. The predicted molar refractivity (Wildman–Crippen MR) is 92.0 cm³/mol. The summed E-state index contributed by atoms with van der Waals surface area (Å²) in [5.41, 5.74) is 7.00. The van der Waals surface area contributed by atoms with E-state index in [2.05, 4.69) is 75.6 Å². The lowest BCUT2D eigenvalue weighted by Gasteiger charge is -2.17. The van der Waals surface area contributed by atoms with Gasteiger partial charge in [0, 0.05) is 6.04 Å². The third-order valence-electron chi connectivity index (χ3n) is 4.37. The monoisotopic (exact) mass is 281 g/mol. The Bertz CT molecular complexity index is 569. The van der Waals surface area contributed by atoms with Crippen molar-refractivity contribution in [1.29, 1.82) is 0 Å². The van der Waals surface area contributed by atoms with Gasteiger partial charge in [-0.25, -0.2) is 0 Å². The predicted octanol–water partition coefficient (Wildman–Crippen LogP) is 4.24. The molecule has 0 radical (unpaired) electrons. The van der Waals surface area contributed by atoms with Gasteiger partial charge in [-0.15, -0.1) is 0 Å². The Kier molecular flexibility index (Phi) is 5.58. The van der Waals surface area contributed by atoms with Gasteiger partial charge in [0.15, 0.2) is 0 Å². The van der Waals surface area contributed by atoms with Gasteiger partial charge in [-0.1, -0.05) is 49.4 Å². The van der Waals surface area contributed by atoms with Gasteiger partial charge in [0.25, 0.3) is 0 Å². The van der Waals surface area contributed by atoms with Crippen LogP contribution in [-0.2, 0) is 19.3 Å². The van der Waals surface area contributed by atoms with Crippen LogP contribution >= 0.6 is 0 Å². The molecule has 0 aromatic heterocycles. The first kappa shape index (κ1) is 15.8.